The monoisotopic (exact) mass is 203 g/mol. The normalized spacial score (nSPS) is 13.3. The van der Waals surface area contributed by atoms with Crippen LogP contribution in [0.2, 0.25) is 0 Å². The quantitative estimate of drug-likeness (QED) is 0.815. The molecule has 80 valence electrons. The van der Waals surface area contributed by atoms with Crippen LogP contribution in [0.3, 0.4) is 0 Å². The van der Waals surface area contributed by atoms with Crippen LogP contribution in [0.15, 0.2) is 30.5 Å². The first-order chi connectivity index (χ1) is 7.20. The Hall–Kier alpha value is -1.28. The number of benzene rings is 1. The number of aromatic nitrogens is 1. The standard InChI is InChI=1S/C13H17NO/c1-10-3-4-12-5-6-14(13(12)7-10)8-11(2)9-15/h3-7,11,15H,8-9H2,1-2H3. The molecule has 0 aliphatic carbocycles. The molecule has 0 bridgehead atoms. The summed E-state index contributed by atoms with van der Waals surface area (Å²) in [5, 5.41) is 10.3. The fourth-order valence-corrected chi connectivity index (χ4v) is 1.85. The van der Waals surface area contributed by atoms with E-state index in [1.165, 1.54) is 16.5 Å². The molecule has 15 heavy (non-hydrogen) atoms. The van der Waals surface area contributed by atoms with E-state index in [1.54, 1.807) is 0 Å². The third kappa shape index (κ3) is 2.05. The summed E-state index contributed by atoms with van der Waals surface area (Å²) in [7, 11) is 0. The smallest absolute Gasteiger partial charge is 0.0483 e. The lowest BCUT2D eigenvalue weighted by Crippen LogP contribution is -2.10. The Morgan fingerprint density at radius 2 is 2.13 bits per heavy atom. The fourth-order valence-electron chi connectivity index (χ4n) is 1.85. The second-order valence-electron chi connectivity index (χ2n) is 4.32. The van der Waals surface area contributed by atoms with Crippen LogP contribution in [-0.4, -0.2) is 16.3 Å². The summed E-state index contributed by atoms with van der Waals surface area (Å²) in [6, 6.07) is 8.59. The lowest BCUT2D eigenvalue weighted by Gasteiger charge is -2.10. The van der Waals surface area contributed by atoms with Crippen molar-refractivity contribution in [3.63, 3.8) is 0 Å². The van der Waals surface area contributed by atoms with Crippen molar-refractivity contribution in [2.24, 2.45) is 5.92 Å². The largest absolute Gasteiger partial charge is 0.396 e. The zero-order valence-electron chi connectivity index (χ0n) is 9.27. The van der Waals surface area contributed by atoms with Gasteiger partial charge in [-0.25, -0.2) is 0 Å². The number of aliphatic hydroxyl groups excluding tert-OH is 1. The Bertz CT molecular complexity index is 459. The highest BCUT2D eigenvalue weighted by Crippen LogP contribution is 2.18. The Labute approximate surface area is 90.2 Å². The van der Waals surface area contributed by atoms with E-state index in [4.69, 9.17) is 5.11 Å². The van der Waals surface area contributed by atoms with Crippen LogP contribution < -0.4 is 0 Å². The van der Waals surface area contributed by atoms with Gasteiger partial charge < -0.3 is 9.67 Å². The Kier molecular flexibility index (Phi) is 2.78. The molecule has 0 fully saturated rings. The zero-order chi connectivity index (χ0) is 10.8. The lowest BCUT2D eigenvalue weighted by atomic mass is 10.1. The Morgan fingerprint density at radius 1 is 1.33 bits per heavy atom. The molecule has 0 radical (unpaired) electrons. The van der Waals surface area contributed by atoms with Crippen LogP contribution in [-0.2, 0) is 6.54 Å². The maximum atomic E-state index is 9.05. The van der Waals surface area contributed by atoms with Crippen molar-refractivity contribution in [2.45, 2.75) is 20.4 Å². The maximum Gasteiger partial charge on any atom is 0.0483 e. The molecule has 2 aromatic rings. The van der Waals surface area contributed by atoms with Crippen molar-refractivity contribution in [1.29, 1.82) is 0 Å². The molecule has 0 aliphatic rings. The first-order valence-corrected chi connectivity index (χ1v) is 5.37. The van der Waals surface area contributed by atoms with Gasteiger partial charge >= 0.3 is 0 Å². The summed E-state index contributed by atoms with van der Waals surface area (Å²) in [5.74, 6) is 0.307. The van der Waals surface area contributed by atoms with Crippen molar-refractivity contribution in [3.8, 4) is 0 Å². The van der Waals surface area contributed by atoms with Gasteiger partial charge in [0.1, 0.15) is 0 Å². The van der Waals surface area contributed by atoms with E-state index in [9.17, 15) is 0 Å². The van der Waals surface area contributed by atoms with Gasteiger partial charge in [-0.2, -0.15) is 0 Å². The van der Waals surface area contributed by atoms with Gasteiger partial charge in [0.25, 0.3) is 0 Å². The van der Waals surface area contributed by atoms with Gasteiger partial charge in [-0.15, -0.1) is 0 Å². The first-order valence-electron chi connectivity index (χ1n) is 5.37. The predicted molar refractivity (Wildman–Crippen MR) is 62.9 cm³/mol. The van der Waals surface area contributed by atoms with E-state index < -0.39 is 0 Å². The van der Waals surface area contributed by atoms with Crippen LogP contribution in [0.25, 0.3) is 10.9 Å². The number of hydrogen-bond acceptors (Lipinski definition) is 1. The highest BCUT2D eigenvalue weighted by molar-refractivity contribution is 5.80. The molecule has 1 aromatic carbocycles. The third-order valence-electron chi connectivity index (χ3n) is 2.75. The lowest BCUT2D eigenvalue weighted by molar-refractivity contribution is 0.224. The van der Waals surface area contributed by atoms with E-state index in [-0.39, 0.29) is 6.61 Å². The topological polar surface area (TPSA) is 25.2 Å². The third-order valence-corrected chi connectivity index (χ3v) is 2.75. The minimum Gasteiger partial charge on any atom is -0.396 e. The predicted octanol–water partition coefficient (Wildman–Crippen LogP) is 2.58. The molecule has 1 heterocycles. The van der Waals surface area contributed by atoms with E-state index in [1.807, 2.05) is 0 Å². The average molecular weight is 203 g/mol. The van der Waals surface area contributed by atoms with E-state index >= 15 is 0 Å². The highest BCUT2D eigenvalue weighted by atomic mass is 16.3. The van der Waals surface area contributed by atoms with Crippen molar-refractivity contribution in [2.75, 3.05) is 6.61 Å². The van der Waals surface area contributed by atoms with Crippen LogP contribution >= 0.6 is 0 Å². The number of fused-ring (bicyclic) bond motifs is 1. The molecule has 0 saturated carbocycles. The van der Waals surface area contributed by atoms with Crippen LogP contribution in [0, 0.1) is 12.8 Å². The van der Waals surface area contributed by atoms with Crippen LogP contribution in [0.4, 0.5) is 0 Å². The van der Waals surface area contributed by atoms with Crippen molar-refractivity contribution in [3.05, 3.63) is 36.0 Å². The van der Waals surface area contributed by atoms with Gasteiger partial charge in [0.05, 0.1) is 0 Å². The van der Waals surface area contributed by atoms with Gasteiger partial charge in [-0.1, -0.05) is 19.1 Å². The summed E-state index contributed by atoms with van der Waals surface area (Å²) in [6.07, 6.45) is 2.09. The summed E-state index contributed by atoms with van der Waals surface area (Å²) in [4.78, 5) is 0. The van der Waals surface area contributed by atoms with Crippen LogP contribution in [0.5, 0.6) is 0 Å². The van der Waals surface area contributed by atoms with Gasteiger partial charge in [0.15, 0.2) is 0 Å². The summed E-state index contributed by atoms with van der Waals surface area (Å²) < 4.78 is 2.21. The molecule has 1 atom stereocenters. The molecule has 2 rings (SSSR count). The van der Waals surface area contributed by atoms with Crippen LogP contribution in [0.1, 0.15) is 12.5 Å². The van der Waals surface area contributed by atoms with E-state index in [0.29, 0.717) is 5.92 Å². The SMILES string of the molecule is Cc1ccc2ccn(CC(C)CO)c2c1. The van der Waals surface area contributed by atoms with Crippen molar-refractivity contribution >= 4 is 10.9 Å². The van der Waals surface area contributed by atoms with Gasteiger partial charge in [0.2, 0.25) is 0 Å². The summed E-state index contributed by atoms with van der Waals surface area (Å²) in [6.45, 7) is 5.28. The molecule has 0 spiro atoms. The highest BCUT2D eigenvalue weighted by Gasteiger charge is 2.05. The molecule has 2 nitrogen and oxygen atoms in total. The number of aliphatic hydroxyl groups is 1. The molecular weight excluding hydrogens is 186 g/mol. The maximum absolute atomic E-state index is 9.05. The molecule has 0 saturated heterocycles. The number of aryl methyl sites for hydroxylation is 1. The second-order valence-corrected chi connectivity index (χ2v) is 4.32. The second kappa shape index (κ2) is 4.07. The summed E-state index contributed by atoms with van der Waals surface area (Å²) >= 11 is 0. The zero-order valence-corrected chi connectivity index (χ0v) is 9.27. The number of nitrogens with zero attached hydrogens (tertiary/aromatic N) is 1. The van der Waals surface area contributed by atoms with E-state index in [2.05, 4.69) is 48.9 Å². The molecule has 1 aromatic heterocycles. The average Bonchev–Trinajstić information content (AvgIpc) is 2.61. The minimum atomic E-state index is 0.242. The van der Waals surface area contributed by atoms with Gasteiger partial charge in [-0.05, 0) is 35.9 Å². The number of rotatable bonds is 3. The molecule has 1 unspecified atom stereocenters. The van der Waals surface area contributed by atoms with Gasteiger partial charge in [0, 0.05) is 24.9 Å². The van der Waals surface area contributed by atoms with Crippen molar-refractivity contribution < 1.29 is 5.11 Å². The Morgan fingerprint density at radius 3 is 2.87 bits per heavy atom. The Balaban J connectivity index is 2.39. The number of hydrogen-bond donors (Lipinski definition) is 1. The molecule has 0 amide bonds. The fraction of sp³-hybridized carbons (Fsp3) is 0.385. The van der Waals surface area contributed by atoms with Gasteiger partial charge in [-0.3, -0.25) is 0 Å². The molecule has 1 N–H and O–H groups in total. The summed E-state index contributed by atoms with van der Waals surface area (Å²) in [5.41, 5.74) is 2.54. The first kappa shape index (κ1) is 10.2. The molecule has 2 heteroatoms. The molecule has 0 aliphatic heterocycles. The van der Waals surface area contributed by atoms with Crippen molar-refractivity contribution in [1.82, 2.24) is 4.57 Å². The minimum absolute atomic E-state index is 0.242. The van der Waals surface area contributed by atoms with E-state index in [0.717, 1.165) is 6.54 Å². The molecular formula is C13H17NO.